The number of aromatic nitrogens is 1. The Labute approximate surface area is 84.1 Å². The van der Waals surface area contributed by atoms with Gasteiger partial charge in [0.1, 0.15) is 0 Å². The molecule has 0 bridgehead atoms. The lowest BCUT2D eigenvalue weighted by Gasteiger charge is -2.05. The van der Waals surface area contributed by atoms with E-state index in [2.05, 4.69) is 22.6 Å². The zero-order valence-corrected chi connectivity index (χ0v) is 9.03. The summed E-state index contributed by atoms with van der Waals surface area (Å²) in [7, 11) is 0. The molecule has 0 unspecified atom stereocenters. The Hall–Kier alpha value is -0.540. The summed E-state index contributed by atoms with van der Waals surface area (Å²) in [4.78, 5) is 4.23. The van der Waals surface area contributed by atoms with Gasteiger partial charge in [0.15, 0.2) is 0 Å². The first-order valence-electron chi connectivity index (χ1n) is 4.44. The molecule has 0 radical (unpaired) electrons. The van der Waals surface area contributed by atoms with Gasteiger partial charge in [-0.05, 0) is 24.8 Å². The van der Waals surface area contributed by atoms with Crippen LogP contribution in [0.2, 0.25) is 0 Å². The monoisotopic (exact) mass is 196 g/mol. The summed E-state index contributed by atoms with van der Waals surface area (Å²) in [5.41, 5.74) is 2.42. The third kappa shape index (κ3) is 3.79. The third-order valence-electron chi connectivity index (χ3n) is 1.91. The Bertz CT molecular complexity index is 250. The van der Waals surface area contributed by atoms with E-state index in [-0.39, 0.29) is 0 Å². The van der Waals surface area contributed by atoms with E-state index < -0.39 is 0 Å². The number of nitrogens with zero attached hydrogens (tertiary/aromatic N) is 1. The highest BCUT2D eigenvalue weighted by Gasteiger charge is 1.96. The van der Waals surface area contributed by atoms with Gasteiger partial charge in [0.2, 0.25) is 0 Å². The van der Waals surface area contributed by atoms with Gasteiger partial charge in [-0.25, -0.2) is 0 Å². The van der Waals surface area contributed by atoms with Crippen LogP contribution < -0.4 is 5.32 Å². The Morgan fingerprint density at radius 3 is 3.08 bits per heavy atom. The number of pyridine rings is 1. The normalized spacial score (nSPS) is 10.3. The van der Waals surface area contributed by atoms with Crippen molar-refractivity contribution in [2.45, 2.75) is 13.5 Å². The molecule has 1 heterocycles. The van der Waals surface area contributed by atoms with Crippen molar-refractivity contribution in [3.63, 3.8) is 0 Å². The second kappa shape index (κ2) is 6.00. The lowest BCUT2D eigenvalue weighted by atomic mass is 10.2. The van der Waals surface area contributed by atoms with Gasteiger partial charge in [0, 0.05) is 30.7 Å². The van der Waals surface area contributed by atoms with E-state index in [4.69, 9.17) is 0 Å². The molecule has 2 nitrogen and oxygen atoms in total. The predicted molar refractivity (Wildman–Crippen MR) is 59.1 cm³/mol. The number of aryl methyl sites for hydroxylation is 1. The fourth-order valence-corrected chi connectivity index (χ4v) is 1.45. The van der Waals surface area contributed by atoms with Crippen LogP contribution in [-0.4, -0.2) is 23.5 Å². The summed E-state index contributed by atoms with van der Waals surface area (Å²) in [6.07, 6.45) is 3.96. The van der Waals surface area contributed by atoms with Crippen molar-refractivity contribution >= 4 is 11.8 Å². The first-order valence-corrected chi connectivity index (χ1v) is 5.84. The maximum Gasteiger partial charge on any atom is 0.0417 e. The van der Waals surface area contributed by atoms with E-state index in [1.165, 1.54) is 11.3 Å². The standard InChI is InChI=1S/C10H16N2S/c1-9-10(4-3-5-12-9)8-11-6-7-13-2/h3-5,11H,6-8H2,1-2H3. The smallest absolute Gasteiger partial charge is 0.0417 e. The summed E-state index contributed by atoms with van der Waals surface area (Å²) in [6, 6.07) is 4.10. The zero-order valence-electron chi connectivity index (χ0n) is 8.21. The van der Waals surface area contributed by atoms with Gasteiger partial charge >= 0.3 is 0 Å². The molecule has 72 valence electrons. The zero-order chi connectivity index (χ0) is 9.52. The SMILES string of the molecule is CSCCNCc1cccnc1C. The minimum Gasteiger partial charge on any atom is -0.312 e. The van der Waals surface area contributed by atoms with Gasteiger partial charge in [-0.15, -0.1) is 0 Å². The minimum absolute atomic E-state index is 0.931. The van der Waals surface area contributed by atoms with Crippen molar-refractivity contribution in [2.24, 2.45) is 0 Å². The Balaban J connectivity index is 2.32. The van der Waals surface area contributed by atoms with Crippen LogP contribution in [0.4, 0.5) is 0 Å². The fourth-order valence-electron chi connectivity index (χ4n) is 1.10. The van der Waals surface area contributed by atoms with Gasteiger partial charge in [-0.2, -0.15) is 11.8 Å². The minimum atomic E-state index is 0.931. The van der Waals surface area contributed by atoms with E-state index in [0.29, 0.717) is 0 Å². The molecule has 0 aliphatic carbocycles. The fraction of sp³-hybridized carbons (Fsp3) is 0.500. The van der Waals surface area contributed by atoms with Crippen molar-refractivity contribution in [1.29, 1.82) is 0 Å². The van der Waals surface area contributed by atoms with E-state index in [1.807, 2.05) is 30.9 Å². The highest BCUT2D eigenvalue weighted by atomic mass is 32.2. The predicted octanol–water partition coefficient (Wildman–Crippen LogP) is 1.84. The molecule has 0 atom stereocenters. The Kier molecular flexibility index (Phi) is 4.86. The molecular weight excluding hydrogens is 180 g/mol. The molecule has 3 heteroatoms. The lowest BCUT2D eigenvalue weighted by Crippen LogP contribution is -2.17. The van der Waals surface area contributed by atoms with E-state index in [0.717, 1.165) is 18.8 Å². The molecule has 0 aliphatic heterocycles. The van der Waals surface area contributed by atoms with Gasteiger partial charge < -0.3 is 5.32 Å². The number of hydrogen-bond donors (Lipinski definition) is 1. The maximum absolute atomic E-state index is 4.23. The molecule has 0 saturated carbocycles. The summed E-state index contributed by atoms with van der Waals surface area (Å²) >= 11 is 1.86. The summed E-state index contributed by atoms with van der Waals surface area (Å²) in [6.45, 7) is 4.04. The Morgan fingerprint density at radius 1 is 1.54 bits per heavy atom. The molecule has 0 spiro atoms. The van der Waals surface area contributed by atoms with Crippen LogP contribution in [-0.2, 0) is 6.54 Å². The summed E-state index contributed by atoms with van der Waals surface area (Å²) in [5.74, 6) is 1.17. The third-order valence-corrected chi connectivity index (χ3v) is 2.53. The molecule has 0 aromatic carbocycles. The van der Waals surface area contributed by atoms with Gasteiger partial charge in [0.05, 0.1) is 0 Å². The molecule has 1 rings (SSSR count). The van der Waals surface area contributed by atoms with Gasteiger partial charge in [-0.1, -0.05) is 6.07 Å². The molecule has 1 aromatic heterocycles. The van der Waals surface area contributed by atoms with Gasteiger partial charge in [0.25, 0.3) is 0 Å². The maximum atomic E-state index is 4.23. The van der Waals surface area contributed by atoms with Crippen LogP contribution in [0.1, 0.15) is 11.3 Å². The summed E-state index contributed by atoms with van der Waals surface area (Å²) < 4.78 is 0. The first kappa shape index (κ1) is 10.5. The molecule has 1 aromatic rings. The average Bonchev–Trinajstić information content (AvgIpc) is 2.15. The van der Waals surface area contributed by atoms with Crippen molar-refractivity contribution < 1.29 is 0 Å². The molecule has 0 aliphatic rings. The van der Waals surface area contributed by atoms with E-state index >= 15 is 0 Å². The lowest BCUT2D eigenvalue weighted by molar-refractivity contribution is 0.725. The highest BCUT2D eigenvalue weighted by Crippen LogP contribution is 2.02. The first-order chi connectivity index (χ1) is 6.34. The van der Waals surface area contributed by atoms with E-state index in [9.17, 15) is 0 Å². The van der Waals surface area contributed by atoms with Crippen LogP contribution in [0, 0.1) is 6.92 Å². The second-order valence-electron chi connectivity index (χ2n) is 2.92. The quantitative estimate of drug-likeness (QED) is 0.727. The number of nitrogens with one attached hydrogen (secondary N) is 1. The highest BCUT2D eigenvalue weighted by molar-refractivity contribution is 7.98. The number of hydrogen-bond acceptors (Lipinski definition) is 3. The second-order valence-corrected chi connectivity index (χ2v) is 3.90. The topological polar surface area (TPSA) is 24.9 Å². The van der Waals surface area contributed by atoms with Crippen LogP contribution in [0.15, 0.2) is 18.3 Å². The summed E-state index contributed by atoms with van der Waals surface area (Å²) in [5, 5.41) is 3.38. The van der Waals surface area contributed by atoms with Crippen molar-refractivity contribution in [3.8, 4) is 0 Å². The van der Waals surface area contributed by atoms with Crippen LogP contribution >= 0.6 is 11.8 Å². The average molecular weight is 196 g/mol. The van der Waals surface area contributed by atoms with E-state index in [1.54, 1.807) is 0 Å². The largest absolute Gasteiger partial charge is 0.312 e. The van der Waals surface area contributed by atoms with Crippen LogP contribution in [0.3, 0.4) is 0 Å². The number of thioether (sulfide) groups is 1. The molecular formula is C10H16N2S. The van der Waals surface area contributed by atoms with Crippen molar-refractivity contribution in [1.82, 2.24) is 10.3 Å². The van der Waals surface area contributed by atoms with Crippen LogP contribution in [0.5, 0.6) is 0 Å². The van der Waals surface area contributed by atoms with Crippen molar-refractivity contribution in [3.05, 3.63) is 29.6 Å². The molecule has 0 fully saturated rings. The number of rotatable bonds is 5. The Morgan fingerprint density at radius 2 is 2.38 bits per heavy atom. The van der Waals surface area contributed by atoms with Gasteiger partial charge in [-0.3, -0.25) is 4.98 Å². The van der Waals surface area contributed by atoms with Crippen molar-refractivity contribution in [2.75, 3.05) is 18.6 Å². The van der Waals surface area contributed by atoms with Crippen LogP contribution in [0.25, 0.3) is 0 Å². The molecule has 1 N–H and O–H groups in total. The molecule has 0 saturated heterocycles. The molecule has 0 amide bonds. The molecule has 13 heavy (non-hydrogen) atoms.